The van der Waals surface area contributed by atoms with Crippen molar-refractivity contribution >= 4 is 0 Å². The number of halogens is 4. The fraction of sp³-hybridized carbons (Fsp3) is 0.500. The van der Waals surface area contributed by atoms with E-state index in [1.54, 1.807) is 19.2 Å². The molecule has 18 heavy (non-hydrogen) atoms. The summed E-state index contributed by atoms with van der Waals surface area (Å²) in [5.41, 5.74) is 0.713. The standard InChI is InChI=1S/C12H15F4NO/c1-17-11(7-18-8-12(14,15)16)6-9-3-2-4-10(13)5-9/h2-5,11,17H,6-8H2,1H3. The van der Waals surface area contributed by atoms with Crippen molar-refractivity contribution in [2.24, 2.45) is 0 Å². The van der Waals surface area contributed by atoms with Crippen LogP contribution in [0.5, 0.6) is 0 Å². The highest BCUT2D eigenvalue weighted by molar-refractivity contribution is 5.17. The highest BCUT2D eigenvalue weighted by atomic mass is 19.4. The van der Waals surface area contributed by atoms with Gasteiger partial charge in [0.1, 0.15) is 12.4 Å². The van der Waals surface area contributed by atoms with Crippen molar-refractivity contribution in [1.82, 2.24) is 5.32 Å². The van der Waals surface area contributed by atoms with Gasteiger partial charge in [0.15, 0.2) is 0 Å². The molecule has 1 aromatic rings. The fourth-order valence-electron chi connectivity index (χ4n) is 1.51. The Hall–Kier alpha value is -1.14. The minimum Gasteiger partial charge on any atom is -0.370 e. The van der Waals surface area contributed by atoms with Crippen LogP contribution in [0.1, 0.15) is 5.56 Å². The average Bonchev–Trinajstić information content (AvgIpc) is 2.26. The maximum Gasteiger partial charge on any atom is 0.411 e. The Morgan fingerprint density at radius 1 is 1.33 bits per heavy atom. The molecular weight excluding hydrogens is 250 g/mol. The zero-order valence-corrected chi connectivity index (χ0v) is 9.93. The van der Waals surface area contributed by atoms with Crippen LogP contribution < -0.4 is 5.32 Å². The van der Waals surface area contributed by atoms with E-state index in [0.29, 0.717) is 12.0 Å². The number of benzene rings is 1. The van der Waals surface area contributed by atoms with Gasteiger partial charge in [0, 0.05) is 6.04 Å². The largest absolute Gasteiger partial charge is 0.411 e. The van der Waals surface area contributed by atoms with Gasteiger partial charge < -0.3 is 10.1 Å². The van der Waals surface area contributed by atoms with Gasteiger partial charge in [-0.25, -0.2) is 4.39 Å². The van der Waals surface area contributed by atoms with Crippen LogP contribution in [0, 0.1) is 5.82 Å². The lowest BCUT2D eigenvalue weighted by Gasteiger charge is -2.17. The van der Waals surface area contributed by atoms with Gasteiger partial charge in [-0.15, -0.1) is 0 Å². The molecule has 0 spiro atoms. The molecule has 0 aliphatic rings. The SMILES string of the molecule is CNC(COCC(F)(F)F)Cc1cccc(F)c1. The van der Waals surface area contributed by atoms with Crippen LogP contribution in [-0.4, -0.2) is 32.5 Å². The van der Waals surface area contributed by atoms with Crippen LogP contribution >= 0.6 is 0 Å². The summed E-state index contributed by atoms with van der Waals surface area (Å²) < 4.78 is 53.2. The van der Waals surface area contributed by atoms with E-state index in [4.69, 9.17) is 0 Å². The number of alkyl halides is 3. The molecule has 2 nitrogen and oxygen atoms in total. The Bertz CT molecular complexity index is 367. The van der Waals surface area contributed by atoms with Crippen molar-refractivity contribution in [3.05, 3.63) is 35.6 Å². The quantitative estimate of drug-likeness (QED) is 0.798. The average molecular weight is 265 g/mol. The number of hydrogen-bond donors (Lipinski definition) is 1. The zero-order valence-electron chi connectivity index (χ0n) is 9.93. The molecule has 0 fully saturated rings. The smallest absolute Gasteiger partial charge is 0.370 e. The topological polar surface area (TPSA) is 21.3 Å². The molecule has 1 rings (SSSR count). The molecule has 0 saturated carbocycles. The summed E-state index contributed by atoms with van der Waals surface area (Å²) in [6.07, 6.45) is -3.91. The number of rotatable bonds is 6. The predicted molar refractivity (Wildman–Crippen MR) is 59.8 cm³/mol. The van der Waals surface area contributed by atoms with Crippen LogP contribution in [0.3, 0.4) is 0 Å². The van der Waals surface area contributed by atoms with Gasteiger partial charge in [-0.05, 0) is 31.2 Å². The van der Waals surface area contributed by atoms with Gasteiger partial charge in [0.2, 0.25) is 0 Å². The van der Waals surface area contributed by atoms with Crippen molar-refractivity contribution in [3.8, 4) is 0 Å². The summed E-state index contributed by atoms with van der Waals surface area (Å²) in [4.78, 5) is 0. The van der Waals surface area contributed by atoms with E-state index >= 15 is 0 Å². The zero-order chi connectivity index (χ0) is 13.6. The third-order valence-electron chi connectivity index (χ3n) is 2.36. The maximum absolute atomic E-state index is 12.9. The first-order valence-corrected chi connectivity index (χ1v) is 5.47. The van der Waals surface area contributed by atoms with Crippen molar-refractivity contribution in [2.45, 2.75) is 18.6 Å². The first kappa shape index (κ1) is 14.9. The highest BCUT2D eigenvalue weighted by Gasteiger charge is 2.27. The molecule has 0 aliphatic heterocycles. The minimum absolute atomic E-state index is 0.0769. The summed E-state index contributed by atoms with van der Waals surface area (Å²) in [6, 6.07) is 5.67. The Balaban J connectivity index is 2.42. The molecule has 0 saturated heterocycles. The number of likely N-dealkylation sites (N-methyl/N-ethyl adjacent to an activating group) is 1. The minimum atomic E-state index is -4.32. The molecule has 0 aromatic heterocycles. The molecule has 102 valence electrons. The lowest BCUT2D eigenvalue weighted by molar-refractivity contribution is -0.175. The molecule has 1 unspecified atom stereocenters. The van der Waals surface area contributed by atoms with E-state index < -0.39 is 12.8 Å². The lowest BCUT2D eigenvalue weighted by atomic mass is 10.1. The predicted octanol–water partition coefficient (Wildman–Crippen LogP) is 2.54. The third-order valence-corrected chi connectivity index (χ3v) is 2.36. The highest BCUT2D eigenvalue weighted by Crippen LogP contribution is 2.15. The Kier molecular flexibility index (Phi) is 5.55. The van der Waals surface area contributed by atoms with Gasteiger partial charge in [-0.3, -0.25) is 0 Å². The molecule has 1 aromatic carbocycles. The first-order chi connectivity index (χ1) is 8.40. The summed E-state index contributed by atoms with van der Waals surface area (Å²) >= 11 is 0. The number of nitrogens with one attached hydrogen (secondary N) is 1. The van der Waals surface area contributed by atoms with Gasteiger partial charge in [0.25, 0.3) is 0 Å². The summed E-state index contributed by atoms with van der Waals surface area (Å²) in [5.74, 6) is -0.362. The van der Waals surface area contributed by atoms with E-state index in [-0.39, 0.29) is 18.5 Å². The van der Waals surface area contributed by atoms with Crippen LogP contribution in [0.2, 0.25) is 0 Å². The number of ether oxygens (including phenoxy) is 1. The van der Waals surface area contributed by atoms with Crippen molar-refractivity contribution in [2.75, 3.05) is 20.3 Å². The first-order valence-electron chi connectivity index (χ1n) is 5.47. The molecule has 0 amide bonds. The van der Waals surface area contributed by atoms with Crippen LogP contribution in [-0.2, 0) is 11.2 Å². The molecule has 0 heterocycles. The summed E-state index contributed by atoms with van der Waals surface area (Å²) in [6.45, 7) is -1.35. The molecule has 6 heteroatoms. The lowest BCUT2D eigenvalue weighted by Crippen LogP contribution is -2.34. The van der Waals surface area contributed by atoms with E-state index in [0.717, 1.165) is 0 Å². The Morgan fingerprint density at radius 2 is 2.06 bits per heavy atom. The summed E-state index contributed by atoms with van der Waals surface area (Å²) in [7, 11) is 1.63. The Labute approximate surface area is 103 Å². The van der Waals surface area contributed by atoms with Gasteiger partial charge >= 0.3 is 6.18 Å². The Morgan fingerprint density at radius 3 is 2.61 bits per heavy atom. The second-order valence-corrected chi connectivity index (χ2v) is 3.95. The van der Waals surface area contributed by atoms with Gasteiger partial charge in [0.05, 0.1) is 6.61 Å². The molecule has 0 bridgehead atoms. The van der Waals surface area contributed by atoms with Crippen molar-refractivity contribution in [3.63, 3.8) is 0 Å². The second-order valence-electron chi connectivity index (χ2n) is 3.95. The van der Waals surface area contributed by atoms with Crippen LogP contribution in [0.25, 0.3) is 0 Å². The van der Waals surface area contributed by atoms with E-state index in [9.17, 15) is 17.6 Å². The number of hydrogen-bond acceptors (Lipinski definition) is 2. The van der Waals surface area contributed by atoms with E-state index in [1.807, 2.05) is 0 Å². The molecule has 0 aliphatic carbocycles. The molecular formula is C12H15F4NO. The van der Waals surface area contributed by atoms with Gasteiger partial charge in [-0.2, -0.15) is 13.2 Å². The second kappa shape index (κ2) is 6.70. The normalized spacial score (nSPS) is 13.6. The van der Waals surface area contributed by atoms with Gasteiger partial charge in [-0.1, -0.05) is 12.1 Å². The fourth-order valence-corrected chi connectivity index (χ4v) is 1.51. The molecule has 1 atom stereocenters. The van der Waals surface area contributed by atoms with Crippen molar-refractivity contribution in [1.29, 1.82) is 0 Å². The molecule has 1 N–H and O–H groups in total. The maximum atomic E-state index is 12.9. The summed E-state index contributed by atoms with van der Waals surface area (Å²) in [5, 5.41) is 2.84. The molecule has 0 radical (unpaired) electrons. The van der Waals surface area contributed by atoms with E-state index in [1.165, 1.54) is 12.1 Å². The van der Waals surface area contributed by atoms with Crippen LogP contribution in [0.15, 0.2) is 24.3 Å². The van der Waals surface area contributed by atoms with Crippen molar-refractivity contribution < 1.29 is 22.3 Å². The monoisotopic (exact) mass is 265 g/mol. The van der Waals surface area contributed by atoms with Crippen LogP contribution in [0.4, 0.5) is 17.6 Å². The van der Waals surface area contributed by atoms with E-state index in [2.05, 4.69) is 10.1 Å². The third kappa shape index (κ3) is 5.97.